The van der Waals surface area contributed by atoms with Crippen LogP contribution in [0, 0.1) is 15.9 Å². The van der Waals surface area contributed by atoms with Gasteiger partial charge >= 0.3 is 5.69 Å². The third-order valence-electron chi connectivity index (χ3n) is 2.39. The van der Waals surface area contributed by atoms with Gasteiger partial charge in [-0.05, 0) is 6.42 Å². The first-order chi connectivity index (χ1) is 9.24. The summed E-state index contributed by atoms with van der Waals surface area (Å²) in [4.78, 5) is 9.92. The van der Waals surface area contributed by atoms with E-state index in [0.29, 0.717) is 0 Å². The van der Waals surface area contributed by atoms with Gasteiger partial charge in [0.2, 0.25) is 10.0 Å². The second-order valence-electron chi connectivity index (χ2n) is 3.91. The minimum atomic E-state index is -3.57. The van der Waals surface area contributed by atoms with E-state index in [0.717, 1.165) is 12.1 Å². The molecular weight excluding hydrogens is 293 g/mol. The highest BCUT2D eigenvalue weighted by Gasteiger charge is 2.19. The molecule has 0 aliphatic rings. The van der Waals surface area contributed by atoms with Crippen molar-refractivity contribution in [2.45, 2.75) is 6.42 Å². The van der Waals surface area contributed by atoms with Gasteiger partial charge in [-0.25, -0.2) is 17.9 Å². The first kappa shape index (κ1) is 16.1. The van der Waals surface area contributed by atoms with E-state index in [1.54, 1.807) is 0 Å². The van der Waals surface area contributed by atoms with Crippen LogP contribution in [-0.4, -0.2) is 32.7 Å². The number of hydrogen-bond acceptors (Lipinski definition) is 6. The van der Waals surface area contributed by atoms with Crippen molar-refractivity contribution in [3.63, 3.8) is 0 Å². The minimum absolute atomic E-state index is 0.0122. The first-order valence-corrected chi connectivity index (χ1v) is 7.22. The molecule has 20 heavy (non-hydrogen) atoms. The maximum atomic E-state index is 13.6. The number of nitro benzene ring substituents is 1. The molecule has 0 aliphatic carbocycles. The molecule has 112 valence electrons. The van der Waals surface area contributed by atoms with Gasteiger partial charge in [-0.3, -0.25) is 10.1 Å². The molecule has 0 aliphatic heterocycles. The number of sulfonamides is 1. The van der Waals surface area contributed by atoms with Gasteiger partial charge in [0.05, 0.1) is 29.5 Å². The second kappa shape index (κ2) is 6.48. The molecule has 8 nitrogen and oxygen atoms in total. The number of benzene rings is 1. The molecule has 0 fully saturated rings. The van der Waals surface area contributed by atoms with Crippen LogP contribution in [-0.2, 0) is 10.0 Å². The molecule has 0 saturated heterocycles. The number of ether oxygens (including phenoxy) is 1. The van der Waals surface area contributed by atoms with Gasteiger partial charge in [0.25, 0.3) is 0 Å². The van der Waals surface area contributed by atoms with Crippen LogP contribution < -0.4 is 15.2 Å². The normalized spacial score (nSPS) is 11.2. The predicted molar refractivity (Wildman–Crippen MR) is 70.7 cm³/mol. The average Bonchev–Trinajstić information content (AvgIpc) is 2.34. The second-order valence-corrected chi connectivity index (χ2v) is 5.64. The number of methoxy groups -OCH3 is 1. The molecule has 0 amide bonds. The number of anilines is 1. The Kier molecular flexibility index (Phi) is 5.22. The van der Waals surface area contributed by atoms with Crippen LogP contribution in [0.5, 0.6) is 5.75 Å². The van der Waals surface area contributed by atoms with E-state index < -0.39 is 26.5 Å². The lowest BCUT2D eigenvalue weighted by Crippen LogP contribution is -2.18. The van der Waals surface area contributed by atoms with Gasteiger partial charge in [0.1, 0.15) is 0 Å². The smallest absolute Gasteiger partial charge is 0.313 e. The fraction of sp³-hybridized carbons (Fsp3) is 0.400. The number of rotatable bonds is 7. The fourth-order valence-electron chi connectivity index (χ4n) is 1.48. The van der Waals surface area contributed by atoms with E-state index >= 15 is 0 Å². The Labute approximate surface area is 114 Å². The molecule has 1 aromatic carbocycles. The Bertz CT molecular complexity index is 605. The van der Waals surface area contributed by atoms with Crippen LogP contribution in [0.3, 0.4) is 0 Å². The maximum absolute atomic E-state index is 13.6. The third kappa shape index (κ3) is 4.63. The molecule has 0 spiro atoms. The van der Waals surface area contributed by atoms with Crippen molar-refractivity contribution < 1.29 is 22.5 Å². The van der Waals surface area contributed by atoms with Gasteiger partial charge in [-0.15, -0.1) is 0 Å². The number of nitro groups is 1. The van der Waals surface area contributed by atoms with Crippen molar-refractivity contribution in [2.75, 3.05) is 24.7 Å². The summed E-state index contributed by atoms with van der Waals surface area (Å²) < 4.78 is 39.8. The molecule has 0 heterocycles. The summed E-state index contributed by atoms with van der Waals surface area (Å²) in [5, 5.41) is 18.1. The summed E-state index contributed by atoms with van der Waals surface area (Å²) in [6.07, 6.45) is 0.178. The lowest BCUT2D eigenvalue weighted by molar-refractivity contribution is -0.385. The van der Waals surface area contributed by atoms with E-state index in [2.05, 4.69) is 5.32 Å². The molecule has 0 saturated carbocycles. The summed E-state index contributed by atoms with van der Waals surface area (Å²) in [5.41, 5.74) is -0.498. The number of hydrogen-bond donors (Lipinski definition) is 2. The van der Waals surface area contributed by atoms with Crippen molar-refractivity contribution in [1.29, 1.82) is 0 Å². The third-order valence-corrected chi connectivity index (χ3v) is 3.24. The topological polar surface area (TPSA) is 125 Å². The number of nitrogens with zero attached hydrogens (tertiary/aromatic N) is 1. The Balaban J connectivity index is 2.79. The largest absolute Gasteiger partial charge is 0.490 e. The van der Waals surface area contributed by atoms with Gasteiger partial charge in [-0.2, -0.15) is 0 Å². The highest BCUT2D eigenvalue weighted by molar-refractivity contribution is 7.89. The SMILES string of the molecule is COc1cc(NCCCS(N)(=O)=O)c(F)cc1[N+](=O)[O-]. The highest BCUT2D eigenvalue weighted by atomic mass is 32.2. The Morgan fingerprint density at radius 2 is 2.15 bits per heavy atom. The molecule has 1 aromatic rings. The van der Waals surface area contributed by atoms with E-state index in [4.69, 9.17) is 9.88 Å². The lowest BCUT2D eigenvalue weighted by atomic mass is 10.2. The number of nitrogens with one attached hydrogen (secondary N) is 1. The number of halogens is 1. The van der Waals surface area contributed by atoms with Crippen LogP contribution in [0.25, 0.3) is 0 Å². The summed E-state index contributed by atoms with van der Waals surface area (Å²) >= 11 is 0. The van der Waals surface area contributed by atoms with Crippen LogP contribution in [0.1, 0.15) is 6.42 Å². The molecular formula is C10H14FN3O5S. The average molecular weight is 307 g/mol. The van der Waals surface area contributed by atoms with Crippen LogP contribution in [0.15, 0.2) is 12.1 Å². The molecule has 0 aromatic heterocycles. The van der Waals surface area contributed by atoms with Crippen molar-refractivity contribution in [3.05, 3.63) is 28.1 Å². The zero-order valence-corrected chi connectivity index (χ0v) is 11.4. The fourth-order valence-corrected chi connectivity index (χ4v) is 2.03. The molecule has 3 N–H and O–H groups in total. The van der Waals surface area contributed by atoms with Crippen LogP contribution in [0.4, 0.5) is 15.8 Å². The summed E-state index contributed by atoms with van der Waals surface area (Å²) in [6.45, 7) is 0.147. The molecule has 0 bridgehead atoms. The quantitative estimate of drug-likeness (QED) is 0.437. The zero-order valence-electron chi connectivity index (χ0n) is 10.6. The van der Waals surface area contributed by atoms with Gasteiger partial charge in [-0.1, -0.05) is 0 Å². The zero-order chi connectivity index (χ0) is 15.3. The molecule has 0 radical (unpaired) electrons. The van der Waals surface area contributed by atoms with Crippen molar-refractivity contribution in [3.8, 4) is 5.75 Å². The number of primary sulfonamides is 1. The Hall–Kier alpha value is -1.94. The van der Waals surface area contributed by atoms with Crippen molar-refractivity contribution >= 4 is 21.4 Å². The summed E-state index contributed by atoms with van der Waals surface area (Å²) in [6, 6.07) is 1.88. The van der Waals surface area contributed by atoms with E-state index in [9.17, 15) is 22.9 Å². The predicted octanol–water partition coefficient (Wildman–Crippen LogP) is 0.833. The van der Waals surface area contributed by atoms with E-state index in [1.807, 2.05) is 0 Å². The van der Waals surface area contributed by atoms with Gasteiger partial charge in [0, 0.05) is 12.6 Å². The van der Waals surface area contributed by atoms with Crippen LogP contribution >= 0.6 is 0 Å². The van der Waals surface area contributed by atoms with Gasteiger partial charge < -0.3 is 10.1 Å². The maximum Gasteiger partial charge on any atom is 0.313 e. The monoisotopic (exact) mass is 307 g/mol. The van der Waals surface area contributed by atoms with Crippen molar-refractivity contribution in [1.82, 2.24) is 0 Å². The number of nitrogens with two attached hydrogens (primary N) is 1. The molecule has 0 unspecified atom stereocenters. The van der Waals surface area contributed by atoms with Gasteiger partial charge in [0.15, 0.2) is 11.6 Å². The standard InChI is InChI=1S/C10H14FN3O5S/c1-19-10-6-8(7(11)5-9(10)14(15)16)13-3-2-4-20(12,17)18/h5-6,13H,2-4H2,1H3,(H2,12,17,18). The summed E-state index contributed by atoms with van der Waals surface area (Å²) in [5.74, 6) is -1.16. The highest BCUT2D eigenvalue weighted by Crippen LogP contribution is 2.32. The van der Waals surface area contributed by atoms with Crippen LogP contribution in [0.2, 0.25) is 0 Å². The van der Waals surface area contributed by atoms with E-state index in [1.165, 1.54) is 7.11 Å². The Morgan fingerprint density at radius 3 is 2.65 bits per heavy atom. The molecule has 1 rings (SSSR count). The lowest BCUT2D eigenvalue weighted by Gasteiger charge is -2.09. The minimum Gasteiger partial charge on any atom is -0.490 e. The first-order valence-electron chi connectivity index (χ1n) is 5.51. The van der Waals surface area contributed by atoms with Crippen molar-refractivity contribution in [2.24, 2.45) is 5.14 Å². The molecule has 0 atom stereocenters. The summed E-state index contributed by atoms with van der Waals surface area (Å²) in [7, 11) is -2.34. The Morgan fingerprint density at radius 1 is 1.50 bits per heavy atom. The molecule has 10 heteroatoms. The van der Waals surface area contributed by atoms with E-state index in [-0.39, 0.29) is 30.2 Å².